The van der Waals surface area contributed by atoms with E-state index in [1.807, 2.05) is 0 Å². The van der Waals surface area contributed by atoms with E-state index in [1.165, 1.54) is 4.68 Å². The van der Waals surface area contributed by atoms with Crippen molar-refractivity contribution < 1.29 is 22.6 Å². The normalized spacial score (nSPS) is 13.8. The summed E-state index contributed by atoms with van der Waals surface area (Å²) in [5.41, 5.74) is -0.875. The summed E-state index contributed by atoms with van der Waals surface area (Å²) in [5.74, 6) is -0.349. The summed E-state index contributed by atoms with van der Waals surface area (Å²) in [5, 5.41) is 4.56. The molecule has 0 amide bonds. The SMILES string of the molecule is CCOC(=Nc1cc(C(F)(F)F)cc2c(Br)n(COCC[Si](C)(C)C)nc12)C(Cl)(Cl)Cl. The molecule has 0 unspecified atom stereocenters. The van der Waals surface area contributed by atoms with Crippen molar-refractivity contribution >= 4 is 81.3 Å². The minimum Gasteiger partial charge on any atom is -0.478 e. The third-order valence-corrected chi connectivity index (χ3v) is 7.07. The van der Waals surface area contributed by atoms with E-state index >= 15 is 0 Å². The number of ether oxygens (including phenoxy) is 2. The van der Waals surface area contributed by atoms with Crippen LogP contribution < -0.4 is 0 Å². The summed E-state index contributed by atoms with van der Waals surface area (Å²) in [4.78, 5) is 4.07. The van der Waals surface area contributed by atoms with Crippen LogP contribution in [0.2, 0.25) is 25.7 Å². The molecule has 0 aliphatic carbocycles. The molecule has 1 aromatic carbocycles. The van der Waals surface area contributed by atoms with Crippen molar-refractivity contribution in [3.63, 3.8) is 0 Å². The van der Waals surface area contributed by atoms with E-state index in [9.17, 15) is 13.2 Å². The molecule has 0 saturated carbocycles. The Morgan fingerprint density at radius 1 is 1.23 bits per heavy atom. The van der Waals surface area contributed by atoms with Crippen molar-refractivity contribution in [1.82, 2.24) is 9.78 Å². The number of aliphatic imine (C=N–C) groups is 1. The third kappa shape index (κ3) is 7.50. The van der Waals surface area contributed by atoms with Gasteiger partial charge in [-0.05, 0) is 41.0 Å². The lowest BCUT2D eigenvalue weighted by atomic mass is 10.1. The van der Waals surface area contributed by atoms with Gasteiger partial charge in [0.1, 0.15) is 16.9 Å². The van der Waals surface area contributed by atoms with Crippen molar-refractivity contribution in [2.75, 3.05) is 13.2 Å². The second-order valence-corrected chi connectivity index (χ2v) is 16.5. The topological polar surface area (TPSA) is 48.6 Å². The zero-order valence-electron chi connectivity index (χ0n) is 17.3. The number of hydrogen-bond acceptors (Lipinski definition) is 4. The van der Waals surface area contributed by atoms with Crippen LogP contribution in [0.3, 0.4) is 0 Å². The van der Waals surface area contributed by atoms with Gasteiger partial charge in [0.2, 0.25) is 5.90 Å². The van der Waals surface area contributed by atoms with Crippen molar-refractivity contribution in [3.05, 3.63) is 22.3 Å². The lowest BCUT2D eigenvalue weighted by molar-refractivity contribution is -0.137. The number of nitrogens with zero attached hydrogens (tertiary/aromatic N) is 3. The van der Waals surface area contributed by atoms with E-state index in [4.69, 9.17) is 44.3 Å². The maximum Gasteiger partial charge on any atom is 0.416 e. The van der Waals surface area contributed by atoms with Gasteiger partial charge in [-0.15, -0.1) is 0 Å². The molecule has 0 atom stereocenters. The van der Waals surface area contributed by atoms with Gasteiger partial charge in [-0.1, -0.05) is 54.4 Å². The Bertz CT molecular complexity index is 957. The number of halogens is 7. The van der Waals surface area contributed by atoms with Crippen LogP contribution in [0.4, 0.5) is 18.9 Å². The highest BCUT2D eigenvalue weighted by molar-refractivity contribution is 9.10. The third-order valence-electron chi connectivity index (χ3n) is 4.04. The first-order valence-corrected chi connectivity index (χ1v) is 14.9. The Balaban J connectivity index is 2.54. The van der Waals surface area contributed by atoms with Gasteiger partial charge >= 0.3 is 6.18 Å². The smallest absolute Gasteiger partial charge is 0.416 e. The van der Waals surface area contributed by atoms with Gasteiger partial charge in [-0.2, -0.15) is 18.3 Å². The number of rotatable bonds is 7. The number of aromatic nitrogens is 2. The molecular formula is C18H22BrCl3F3N3O2Si. The maximum absolute atomic E-state index is 13.5. The molecule has 1 heterocycles. The van der Waals surface area contributed by atoms with Gasteiger partial charge in [0.05, 0.1) is 17.9 Å². The van der Waals surface area contributed by atoms with Crippen LogP contribution in [0, 0.1) is 0 Å². The Morgan fingerprint density at radius 3 is 2.39 bits per heavy atom. The van der Waals surface area contributed by atoms with Gasteiger partial charge < -0.3 is 9.47 Å². The highest BCUT2D eigenvalue weighted by atomic mass is 79.9. The minimum atomic E-state index is -4.61. The van der Waals surface area contributed by atoms with Gasteiger partial charge in [-0.25, -0.2) is 9.67 Å². The number of alkyl halides is 6. The second kappa shape index (κ2) is 10.2. The van der Waals surface area contributed by atoms with Crippen molar-refractivity contribution in [2.45, 2.75) is 49.3 Å². The molecule has 31 heavy (non-hydrogen) atoms. The van der Waals surface area contributed by atoms with Crippen LogP contribution in [-0.2, 0) is 22.4 Å². The van der Waals surface area contributed by atoms with Gasteiger partial charge in [0.25, 0.3) is 3.79 Å². The lowest BCUT2D eigenvalue weighted by Gasteiger charge is -2.15. The van der Waals surface area contributed by atoms with Crippen molar-refractivity contribution in [2.24, 2.45) is 4.99 Å². The molecule has 0 aliphatic rings. The molecule has 0 radical (unpaired) electrons. The van der Waals surface area contributed by atoms with Crippen molar-refractivity contribution in [3.8, 4) is 0 Å². The van der Waals surface area contributed by atoms with Gasteiger partial charge in [0.15, 0.2) is 0 Å². The van der Waals surface area contributed by atoms with Crippen LogP contribution >= 0.6 is 50.7 Å². The first kappa shape index (κ1) is 26.7. The molecule has 1 aromatic heterocycles. The summed E-state index contributed by atoms with van der Waals surface area (Å²) in [6.45, 7) is 8.99. The molecule has 0 saturated heterocycles. The molecule has 2 rings (SSSR count). The fraction of sp³-hybridized carbons (Fsp3) is 0.556. The van der Waals surface area contributed by atoms with Crippen LogP contribution in [-0.4, -0.2) is 40.8 Å². The largest absolute Gasteiger partial charge is 0.478 e. The van der Waals surface area contributed by atoms with Crippen LogP contribution in [0.15, 0.2) is 21.7 Å². The van der Waals surface area contributed by atoms with E-state index in [1.54, 1.807) is 6.92 Å². The molecule has 0 spiro atoms. The lowest BCUT2D eigenvalue weighted by Crippen LogP contribution is -2.22. The average Bonchev–Trinajstić information content (AvgIpc) is 2.92. The molecule has 2 aromatic rings. The quantitative estimate of drug-likeness (QED) is 0.111. The zero-order chi connectivity index (χ0) is 23.6. The molecule has 0 fully saturated rings. The molecular weight excluding hydrogens is 562 g/mol. The molecule has 5 nitrogen and oxygen atoms in total. The van der Waals surface area contributed by atoms with Gasteiger partial charge in [0, 0.05) is 20.1 Å². The first-order chi connectivity index (χ1) is 14.1. The molecule has 13 heteroatoms. The van der Waals surface area contributed by atoms with Crippen LogP contribution in [0.5, 0.6) is 0 Å². The zero-order valence-corrected chi connectivity index (χ0v) is 22.1. The number of fused-ring (bicyclic) bond motifs is 1. The average molecular weight is 584 g/mol. The predicted molar refractivity (Wildman–Crippen MR) is 126 cm³/mol. The second-order valence-electron chi connectivity index (χ2n) is 7.88. The number of benzene rings is 1. The summed E-state index contributed by atoms with van der Waals surface area (Å²) >= 11 is 20.9. The fourth-order valence-electron chi connectivity index (χ4n) is 2.47. The Morgan fingerprint density at radius 2 is 1.87 bits per heavy atom. The number of hydrogen-bond donors (Lipinski definition) is 0. The molecule has 174 valence electrons. The molecule has 0 N–H and O–H groups in total. The Kier molecular flexibility index (Phi) is 8.77. The Hall–Kier alpha value is -0.523. The standard InChI is InChI=1S/C18H22BrCl3F3N3O2Si/c1-5-30-16(17(20,21)22)26-13-9-11(18(23,24)25)8-12-14(13)27-28(15(12)19)10-29-6-7-31(2,3)4/h8-9H,5-7,10H2,1-4H3. The highest BCUT2D eigenvalue weighted by Gasteiger charge is 2.34. The maximum atomic E-state index is 13.5. The molecule has 0 aliphatic heterocycles. The van der Waals surface area contributed by atoms with E-state index in [-0.39, 0.29) is 35.8 Å². The minimum absolute atomic E-state index is 0.0625. The van der Waals surface area contributed by atoms with E-state index in [2.05, 4.69) is 45.7 Å². The van der Waals surface area contributed by atoms with Crippen LogP contribution in [0.1, 0.15) is 12.5 Å². The monoisotopic (exact) mass is 581 g/mol. The summed E-state index contributed by atoms with van der Waals surface area (Å²) in [6.07, 6.45) is -4.61. The highest BCUT2D eigenvalue weighted by Crippen LogP contribution is 2.40. The fourth-order valence-corrected chi connectivity index (χ4v) is 4.00. The Labute approximate surface area is 203 Å². The molecule has 0 bridgehead atoms. The van der Waals surface area contributed by atoms with Gasteiger partial charge in [-0.3, -0.25) is 0 Å². The van der Waals surface area contributed by atoms with E-state index < -0.39 is 23.6 Å². The predicted octanol–water partition coefficient (Wildman–Crippen LogP) is 7.57. The van der Waals surface area contributed by atoms with E-state index in [0.29, 0.717) is 11.2 Å². The van der Waals surface area contributed by atoms with Crippen LogP contribution in [0.25, 0.3) is 10.9 Å². The first-order valence-electron chi connectivity index (χ1n) is 9.27. The van der Waals surface area contributed by atoms with Crippen molar-refractivity contribution in [1.29, 1.82) is 0 Å². The summed E-state index contributed by atoms with van der Waals surface area (Å²) in [7, 11) is -1.28. The summed E-state index contributed by atoms with van der Waals surface area (Å²) < 4.78 is 51.1. The summed E-state index contributed by atoms with van der Waals surface area (Å²) in [6, 6.07) is 2.77. The van der Waals surface area contributed by atoms with E-state index in [0.717, 1.165) is 18.2 Å².